The molecule has 0 saturated heterocycles. The summed E-state index contributed by atoms with van der Waals surface area (Å²) < 4.78 is 0. The lowest BCUT2D eigenvalue weighted by atomic mass is 10.1. The molecular formula is C14H33NO. The van der Waals surface area contributed by atoms with Gasteiger partial charge in [-0.3, -0.25) is 0 Å². The standard InChI is InChI=1S/C10H23N.C2H4O.C2H6/c1-9(2)6-7-11(5)8-10(3)4;1-2-3;1-2/h9-10H,6-8H2,1-5H3;2H,1H3;1-2H3. The van der Waals surface area contributed by atoms with Gasteiger partial charge >= 0.3 is 0 Å². The van der Waals surface area contributed by atoms with Crippen LogP contribution < -0.4 is 0 Å². The number of rotatable bonds is 5. The monoisotopic (exact) mass is 231 g/mol. The third-order valence-corrected chi connectivity index (χ3v) is 1.76. The molecule has 0 atom stereocenters. The molecule has 2 nitrogen and oxygen atoms in total. The molecule has 0 fully saturated rings. The zero-order valence-corrected chi connectivity index (χ0v) is 12.7. The van der Waals surface area contributed by atoms with Gasteiger partial charge < -0.3 is 9.69 Å². The summed E-state index contributed by atoms with van der Waals surface area (Å²) in [5.41, 5.74) is 0. The molecule has 0 aliphatic carbocycles. The molecule has 100 valence electrons. The van der Waals surface area contributed by atoms with Crippen molar-refractivity contribution in [2.75, 3.05) is 20.1 Å². The van der Waals surface area contributed by atoms with Crippen LogP contribution in [0.3, 0.4) is 0 Å². The Morgan fingerprint density at radius 1 is 1.06 bits per heavy atom. The molecule has 0 rings (SSSR count). The van der Waals surface area contributed by atoms with Crippen molar-refractivity contribution < 1.29 is 4.79 Å². The minimum Gasteiger partial charge on any atom is -0.306 e. The van der Waals surface area contributed by atoms with Crippen LogP contribution in [0.15, 0.2) is 0 Å². The van der Waals surface area contributed by atoms with Crippen molar-refractivity contribution in [3.05, 3.63) is 0 Å². The lowest BCUT2D eigenvalue weighted by Crippen LogP contribution is -2.25. The summed E-state index contributed by atoms with van der Waals surface area (Å²) in [7, 11) is 2.21. The van der Waals surface area contributed by atoms with Crippen molar-refractivity contribution in [1.29, 1.82) is 0 Å². The van der Waals surface area contributed by atoms with E-state index in [1.807, 2.05) is 13.8 Å². The SMILES string of the molecule is CC.CC(C)CCN(C)CC(C)C.CC=O. The Balaban J connectivity index is -0.000000289. The van der Waals surface area contributed by atoms with Crippen LogP contribution in [-0.2, 0) is 4.79 Å². The van der Waals surface area contributed by atoms with E-state index < -0.39 is 0 Å². The first-order valence-corrected chi connectivity index (χ1v) is 6.52. The van der Waals surface area contributed by atoms with Gasteiger partial charge in [-0.1, -0.05) is 41.5 Å². The Bertz CT molecular complexity index is 122. The average Bonchev–Trinajstić information content (AvgIpc) is 2.18. The van der Waals surface area contributed by atoms with Crippen molar-refractivity contribution in [2.45, 2.75) is 54.9 Å². The normalized spacial score (nSPS) is 9.44. The number of carbonyl (C=O) groups excluding carboxylic acids is 1. The van der Waals surface area contributed by atoms with Crippen LogP contribution in [0.5, 0.6) is 0 Å². The Morgan fingerprint density at radius 3 is 1.69 bits per heavy atom. The van der Waals surface area contributed by atoms with Gasteiger partial charge in [0.2, 0.25) is 0 Å². The Kier molecular flexibility index (Phi) is 22.3. The van der Waals surface area contributed by atoms with Gasteiger partial charge in [0.1, 0.15) is 6.29 Å². The fourth-order valence-electron chi connectivity index (χ4n) is 1.19. The maximum Gasteiger partial charge on any atom is 0.116 e. The maximum absolute atomic E-state index is 8.81. The van der Waals surface area contributed by atoms with Gasteiger partial charge in [-0.05, 0) is 38.8 Å². The summed E-state index contributed by atoms with van der Waals surface area (Å²) >= 11 is 0. The fraction of sp³-hybridized carbons (Fsp3) is 0.929. The lowest BCUT2D eigenvalue weighted by molar-refractivity contribution is -0.106. The fourth-order valence-corrected chi connectivity index (χ4v) is 1.19. The summed E-state index contributed by atoms with van der Waals surface area (Å²) in [6.07, 6.45) is 2.07. The second-order valence-corrected chi connectivity index (χ2v) is 4.57. The molecule has 0 aromatic heterocycles. The third-order valence-electron chi connectivity index (χ3n) is 1.76. The second-order valence-electron chi connectivity index (χ2n) is 4.57. The topological polar surface area (TPSA) is 20.3 Å². The van der Waals surface area contributed by atoms with Crippen LogP contribution in [0.1, 0.15) is 54.9 Å². The smallest absolute Gasteiger partial charge is 0.116 e. The average molecular weight is 231 g/mol. The summed E-state index contributed by atoms with van der Waals surface area (Å²) in [5, 5.41) is 0. The van der Waals surface area contributed by atoms with Crippen molar-refractivity contribution in [3.8, 4) is 0 Å². The zero-order valence-electron chi connectivity index (χ0n) is 12.7. The molecule has 0 heterocycles. The van der Waals surface area contributed by atoms with E-state index in [1.165, 1.54) is 26.4 Å². The molecule has 2 heteroatoms. The van der Waals surface area contributed by atoms with E-state index in [9.17, 15) is 0 Å². The van der Waals surface area contributed by atoms with Crippen LogP contribution in [0.2, 0.25) is 0 Å². The quantitative estimate of drug-likeness (QED) is 0.670. The van der Waals surface area contributed by atoms with Crippen molar-refractivity contribution in [3.63, 3.8) is 0 Å². The number of hydrogen-bond donors (Lipinski definition) is 0. The van der Waals surface area contributed by atoms with E-state index in [1.54, 1.807) is 0 Å². The van der Waals surface area contributed by atoms with Crippen molar-refractivity contribution >= 4 is 6.29 Å². The van der Waals surface area contributed by atoms with Gasteiger partial charge in [-0.15, -0.1) is 0 Å². The molecular weight excluding hydrogens is 198 g/mol. The molecule has 0 aromatic carbocycles. The summed E-state index contributed by atoms with van der Waals surface area (Å²) in [5.74, 6) is 1.64. The van der Waals surface area contributed by atoms with Crippen LogP contribution >= 0.6 is 0 Å². The van der Waals surface area contributed by atoms with E-state index in [-0.39, 0.29) is 0 Å². The Morgan fingerprint density at radius 2 is 1.44 bits per heavy atom. The van der Waals surface area contributed by atoms with Gasteiger partial charge in [-0.25, -0.2) is 0 Å². The molecule has 0 aliphatic rings. The van der Waals surface area contributed by atoms with E-state index in [0.29, 0.717) is 0 Å². The van der Waals surface area contributed by atoms with Gasteiger partial charge in [0.25, 0.3) is 0 Å². The zero-order chi connectivity index (χ0) is 13.6. The highest BCUT2D eigenvalue weighted by Crippen LogP contribution is 2.02. The number of aldehydes is 1. The van der Waals surface area contributed by atoms with E-state index >= 15 is 0 Å². The van der Waals surface area contributed by atoms with E-state index in [0.717, 1.165) is 18.1 Å². The molecule has 0 saturated carbocycles. The van der Waals surface area contributed by atoms with Crippen molar-refractivity contribution in [1.82, 2.24) is 4.90 Å². The first kappa shape index (κ1) is 21.0. The van der Waals surface area contributed by atoms with E-state index in [4.69, 9.17) is 4.79 Å². The van der Waals surface area contributed by atoms with Crippen molar-refractivity contribution in [2.24, 2.45) is 11.8 Å². The molecule has 16 heavy (non-hydrogen) atoms. The van der Waals surface area contributed by atoms with Gasteiger partial charge in [-0.2, -0.15) is 0 Å². The van der Waals surface area contributed by atoms with Crippen LogP contribution in [0.25, 0.3) is 0 Å². The first-order chi connectivity index (χ1) is 7.43. The third kappa shape index (κ3) is 29.2. The molecule has 0 spiro atoms. The molecule has 0 radical (unpaired) electrons. The number of carbonyl (C=O) groups is 1. The van der Waals surface area contributed by atoms with Gasteiger partial charge in [0, 0.05) is 6.54 Å². The van der Waals surface area contributed by atoms with Crippen LogP contribution in [0.4, 0.5) is 0 Å². The van der Waals surface area contributed by atoms with Gasteiger partial charge in [0.05, 0.1) is 0 Å². The Labute approximate surface area is 103 Å². The number of hydrogen-bond acceptors (Lipinski definition) is 2. The molecule has 0 bridgehead atoms. The van der Waals surface area contributed by atoms with Gasteiger partial charge in [0.15, 0.2) is 0 Å². The highest BCUT2D eigenvalue weighted by atomic mass is 16.1. The molecule has 0 aliphatic heterocycles. The summed E-state index contributed by atoms with van der Waals surface area (Å²) in [6, 6.07) is 0. The minimum absolute atomic E-state index is 0.750. The Hall–Kier alpha value is -0.370. The predicted molar refractivity (Wildman–Crippen MR) is 74.9 cm³/mol. The number of nitrogens with zero attached hydrogens (tertiary/aromatic N) is 1. The van der Waals surface area contributed by atoms with Crippen LogP contribution in [0, 0.1) is 11.8 Å². The highest BCUT2D eigenvalue weighted by Gasteiger charge is 2.01. The maximum atomic E-state index is 8.81. The molecule has 0 N–H and O–H groups in total. The molecule has 0 amide bonds. The van der Waals surface area contributed by atoms with E-state index in [2.05, 4.69) is 39.6 Å². The highest BCUT2D eigenvalue weighted by molar-refractivity contribution is 5.44. The largest absolute Gasteiger partial charge is 0.306 e. The molecule has 0 unspecified atom stereocenters. The summed E-state index contributed by atoms with van der Waals surface area (Å²) in [6.45, 7) is 17.0. The predicted octanol–water partition coefficient (Wildman–Crippen LogP) is 3.85. The first-order valence-electron chi connectivity index (χ1n) is 6.52. The molecule has 0 aromatic rings. The summed E-state index contributed by atoms with van der Waals surface area (Å²) in [4.78, 5) is 11.2. The minimum atomic E-state index is 0.750. The second kappa shape index (κ2) is 17.0. The lowest BCUT2D eigenvalue weighted by Gasteiger charge is -2.19. The van der Waals surface area contributed by atoms with Crippen LogP contribution in [-0.4, -0.2) is 31.3 Å².